The highest BCUT2D eigenvalue weighted by molar-refractivity contribution is 5.86. The number of rotatable bonds is 2. The summed E-state index contributed by atoms with van der Waals surface area (Å²) in [6, 6.07) is 15.9. The van der Waals surface area contributed by atoms with Crippen LogP contribution in [0.5, 0.6) is 0 Å². The number of halogens is 6. The minimum absolute atomic E-state index is 0.283. The normalized spacial score (nSPS) is 11.8. The third-order valence-electron chi connectivity index (χ3n) is 6.36. The quantitative estimate of drug-likeness (QED) is 0.375. The van der Waals surface area contributed by atoms with Crippen LogP contribution in [-0.4, -0.2) is 0 Å². The van der Waals surface area contributed by atoms with Crippen LogP contribution in [0.1, 0.15) is 61.2 Å². The molecule has 0 bridgehead atoms. The van der Waals surface area contributed by atoms with Crippen LogP contribution in [0, 0.1) is 102 Å². The number of nitriles is 9. The number of nitrogens with zero attached hydrogens (tertiary/aromatic N) is 9. The van der Waals surface area contributed by atoms with E-state index in [9.17, 15) is 73.7 Å². The van der Waals surface area contributed by atoms with E-state index in [1.54, 1.807) is 30.3 Å². The second kappa shape index (κ2) is 12.3. The van der Waals surface area contributed by atoms with Gasteiger partial charge in [0.1, 0.15) is 24.3 Å². The zero-order valence-electron chi connectivity index (χ0n) is 22.2. The lowest BCUT2D eigenvalue weighted by Crippen LogP contribution is -2.27. The molecule has 3 rings (SSSR count). The molecule has 46 heavy (non-hydrogen) atoms. The zero-order chi connectivity index (χ0) is 34.6. The molecule has 0 aliphatic rings. The van der Waals surface area contributed by atoms with E-state index in [2.05, 4.69) is 0 Å². The number of hydrogen-bond acceptors (Lipinski definition) is 9. The highest BCUT2D eigenvalue weighted by Gasteiger charge is 2.36. The predicted molar refractivity (Wildman–Crippen MR) is 138 cm³/mol. The zero-order valence-corrected chi connectivity index (χ0v) is 22.2. The topological polar surface area (TPSA) is 214 Å². The molecule has 0 N–H and O–H groups in total. The van der Waals surface area contributed by atoms with Gasteiger partial charge in [0, 0.05) is 21.6 Å². The SMILES string of the molecule is N#C/C(c1cc(C#N)c(C(F)(F)F)cc1C#N)=c1/c(C#N)c/c(=C(\C#N)c2cc(C#N)c(C(F)(F)F)cc2C#N)c(C#N)c1C#N. The van der Waals surface area contributed by atoms with Crippen molar-refractivity contribution in [1.82, 2.24) is 0 Å². The van der Waals surface area contributed by atoms with Gasteiger partial charge in [-0.3, -0.25) is 0 Å². The van der Waals surface area contributed by atoms with Gasteiger partial charge < -0.3 is 0 Å². The maximum absolute atomic E-state index is 13.5. The lowest BCUT2D eigenvalue weighted by molar-refractivity contribution is -0.138. The molecular weight excluding hydrogens is 612 g/mol. The maximum Gasteiger partial charge on any atom is 0.417 e. The Balaban J connectivity index is 2.73. The summed E-state index contributed by atoms with van der Waals surface area (Å²) >= 11 is 0. The van der Waals surface area contributed by atoms with Crippen LogP contribution in [0.2, 0.25) is 0 Å². The molecule has 0 heterocycles. The third kappa shape index (κ3) is 5.58. The van der Waals surface area contributed by atoms with Crippen LogP contribution in [0.25, 0.3) is 11.1 Å². The van der Waals surface area contributed by atoms with Crippen LogP contribution in [0.15, 0.2) is 30.3 Å². The number of benzene rings is 3. The van der Waals surface area contributed by atoms with E-state index in [1.807, 2.05) is 0 Å². The third-order valence-corrected chi connectivity index (χ3v) is 6.36. The second-order valence-electron chi connectivity index (χ2n) is 8.74. The van der Waals surface area contributed by atoms with Crippen molar-refractivity contribution in [1.29, 1.82) is 47.4 Å². The van der Waals surface area contributed by atoms with Gasteiger partial charge >= 0.3 is 12.4 Å². The first-order valence-electron chi connectivity index (χ1n) is 11.8. The number of alkyl halides is 6. The Morgan fingerprint density at radius 3 is 1.15 bits per heavy atom. The van der Waals surface area contributed by atoms with Crippen molar-refractivity contribution >= 4 is 11.1 Å². The van der Waals surface area contributed by atoms with Gasteiger partial charge in [-0.15, -0.1) is 0 Å². The van der Waals surface area contributed by atoms with E-state index in [1.165, 1.54) is 24.3 Å². The molecule has 0 unspecified atom stereocenters. The smallest absolute Gasteiger partial charge is 0.192 e. The Kier molecular flexibility index (Phi) is 8.81. The van der Waals surface area contributed by atoms with Crippen molar-refractivity contribution in [2.75, 3.05) is 0 Å². The molecule has 0 saturated heterocycles. The van der Waals surface area contributed by atoms with Gasteiger partial charge in [-0.2, -0.15) is 73.7 Å². The molecule has 9 nitrogen and oxygen atoms in total. The molecule has 0 aromatic heterocycles. The summed E-state index contributed by atoms with van der Waals surface area (Å²) in [5.41, 5.74) is -11.6. The summed E-state index contributed by atoms with van der Waals surface area (Å²) in [6.45, 7) is 0. The average Bonchev–Trinajstić information content (AvgIpc) is 3.03. The summed E-state index contributed by atoms with van der Waals surface area (Å²) in [5, 5.41) is 86.7. The summed E-state index contributed by atoms with van der Waals surface area (Å²) in [4.78, 5) is 0. The van der Waals surface area contributed by atoms with Crippen molar-refractivity contribution in [2.45, 2.75) is 12.4 Å². The summed E-state index contributed by atoms with van der Waals surface area (Å²) < 4.78 is 81.1. The van der Waals surface area contributed by atoms with Gasteiger partial charge in [0.25, 0.3) is 0 Å². The van der Waals surface area contributed by atoms with Gasteiger partial charge in [-0.1, -0.05) is 0 Å². The first-order chi connectivity index (χ1) is 21.7. The van der Waals surface area contributed by atoms with Crippen LogP contribution in [0.4, 0.5) is 26.3 Å². The van der Waals surface area contributed by atoms with E-state index >= 15 is 0 Å². The molecule has 0 saturated carbocycles. The Morgan fingerprint density at radius 1 is 0.435 bits per heavy atom. The van der Waals surface area contributed by atoms with Crippen molar-refractivity contribution in [3.8, 4) is 54.6 Å². The summed E-state index contributed by atoms with van der Waals surface area (Å²) in [7, 11) is 0. The van der Waals surface area contributed by atoms with Gasteiger partial charge in [0.15, 0.2) is 0 Å². The van der Waals surface area contributed by atoms with E-state index in [4.69, 9.17) is 0 Å². The van der Waals surface area contributed by atoms with Gasteiger partial charge in [-0.25, -0.2) is 0 Å². The van der Waals surface area contributed by atoms with E-state index in [0.29, 0.717) is 18.2 Å². The molecule has 15 heteroatoms. The van der Waals surface area contributed by atoms with Gasteiger partial charge in [-0.05, 0) is 30.3 Å². The molecule has 3 aromatic rings. The molecule has 0 spiro atoms. The molecule has 216 valence electrons. The van der Waals surface area contributed by atoms with Crippen molar-refractivity contribution in [3.63, 3.8) is 0 Å². The molecule has 0 aliphatic carbocycles. The van der Waals surface area contributed by atoms with Crippen molar-refractivity contribution in [2.24, 2.45) is 0 Å². The molecular formula is C31H5F6N9. The van der Waals surface area contributed by atoms with Crippen molar-refractivity contribution < 1.29 is 26.3 Å². The molecule has 0 fully saturated rings. The Hall–Kier alpha value is -7.61. The lowest BCUT2D eigenvalue weighted by atomic mass is 9.87. The van der Waals surface area contributed by atoms with Crippen LogP contribution in [-0.2, 0) is 12.4 Å². The fourth-order valence-electron chi connectivity index (χ4n) is 4.42. The Bertz CT molecular complexity index is 2390. The van der Waals surface area contributed by atoms with E-state index in [0.717, 1.165) is 6.07 Å². The minimum Gasteiger partial charge on any atom is -0.192 e. The summed E-state index contributed by atoms with van der Waals surface area (Å²) in [5.74, 6) is 0. The molecule has 3 aromatic carbocycles. The van der Waals surface area contributed by atoms with Crippen molar-refractivity contribution in [3.05, 3.63) is 102 Å². The maximum atomic E-state index is 13.5. The fourth-order valence-corrected chi connectivity index (χ4v) is 4.42. The van der Waals surface area contributed by atoms with Gasteiger partial charge in [0.05, 0.1) is 91.6 Å². The highest BCUT2D eigenvalue weighted by atomic mass is 19.4. The molecule has 0 radical (unpaired) electrons. The van der Waals surface area contributed by atoms with Crippen LogP contribution >= 0.6 is 0 Å². The molecule has 0 aliphatic heterocycles. The first kappa shape index (κ1) is 32.9. The predicted octanol–water partition coefficient (Wildman–Crippen LogP) is 4.27. The number of hydrogen-bond donors (Lipinski definition) is 0. The Labute approximate surface area is 253 Å². The lowest BCUT2D eigenvalue weighted by Gasteiger charge is -2.13. The Morgan fingerprint density at radius 2 is 0.826 bits per heavy atom. The molecule has 0 atom stereocenters. The second-order valence-corrected chi connectivity index (χ2v) is 8.74. The standard InChI is InChI=1S/C31H5F6N9/c32-30(33,34)27-4-15(6-38)20(1-17(27)8-40)23(11-43)22-3-19(10-42)29(26(14-46)24(22)12-44)25(13-45)21-2-18(9-41)28(31(35,36)37)5-16(21)7-39/h1-5H/b23-22-,29-25+. The van der Waals surface area contributed by atoms with Crippen LogP contribution in [0.3, 0.4) is 0 Å². The van der Waals surface area contributed by atoms with E-state index in [-0.39, 0.29) is 6.07 Å². The fraction of sp³-hybridized carbons (Fsp3) is 0.0645. The van der Waals surface area contributed by atoms with E-state index < -0.39 is 95.1 Å². The first-order valence-corrected chi connectivity index (χ1v) is 11.8. The highest BCUT2D eigenvalue weighted by Crippen LogP contribution is 2.36. The van der Waals surface area contributed by atoms with Crippen LogP contribution < -0.4 is 10.4 Å². The molecule has 0 amide bonds. The minimum atomic E-state index is -5.09. The largest absolute Gasteiger partial charge is 0.417 e. The monoisotopic (exact) mass is 617 g/mol. The summed E-state index contributed by atoms with van der Waals surface area (Å²) in [6.07, 6.45) is -10.2. The van der Waals surface area contributed by atoms with Gasteiger partial charge in [0.2, 0.25) is 0 Å². The average molecular weight is 617 g/mol.